The largest absolute Gasteiger partial charge is 0.318 e. The molecular weight excluding hydrogens is 351 g/mol. The van der Waals surface area contributed by atoms with E-state index in [0.717, 1.165) is 15.8 Å². The van der Waals surface area contributed by atoms with E-state index in [-0.39, 0.29) is 5.91 Å². The molecule has 23 heavy (non-hydrogen) atoms. The van der Waals surface area contributed by atoms with Crippen LogP contribution < -0.4 is 4.80 Å². The molecule has 0 saturated carbocycles. The Kier molecular flexibility index (Phi) is 4.85. The number of aromatic nitrogens is 1. The highest BCUT2D eigenvalue weighted by Crippen LogP contribution is 2.29. The van der Waals surface area contributed by atoms with Crippen LogP contribution in [0, 0.1) is 0 Å². The van der Waals surface area contributed by atoms with Crippen LogP contribution in [0.5, 0.6) is 0 Å². The molecule has 0 fully saturated rings. The summed E-state index contributed by atoms with van der Waals surface area (Å²) in [6.45, 7) is 0. The molecule has 1 heterocycles. The van der Waals surface area contributed by atoms with Crippen molar-refractivity contribution in [1.82, 2.24) is 4.57 Å². The first kappa shape index (κ1) is 16.2. The summed E-state index contributed by atoms with van der Waals surface area (Å²) < 4.78 is 2.75. The Morgan fingerprint density at radius 1 is 1.22 bits per heavy atom. The third-order valence-electron chi connectivity index (χ3n) is 3.51. The van der Waals surface area contributed by atoms with E-state index in [9.17, 15) is 4.79 Å². The second kappa shape index (κ2) is 6.87. The molecule has 2 aromatic carbocycles. The van der Waals surface area contributed by atoms with Gasteiger partial charge >= 0.3 is 0 Å². The fraction of sp³-hybridized carbons (Fsp3) is 0.176. The summed E-state index contributed by atoms with van der Waals surface area (Å²) in [5.41, 5.74) is 1.97. The number of hydrogen-bond acceptors (Lipinski definition) is 2. The number of fused-ring (bicyclic) bond motifs is 1. The monoisotopic (exact) mass is 364 g/mol. The highest BCUT2D eigenvalue weighted by molar-refractivity contribution is 7.16. The van der Waals surface area contributed by atoms with Crippen LogP contribution in [0.15, 0.2) is 47.5 Å². The van der Waals surface area contributed by atoms with Crippen molar-refractivity contribution in [3.8, 4) is 0 Å². The molecule has 6 heteroatoms. The maximum absolute atomic E-state index is 12.1. The molecule has 0 bridgehead atoms. The highest BCUT2D eigenvalue weighted by atomic mass is 35.5. The minimum absolute atomic E-state index is 0.141. The molecule has 0 unspecified atom stereocenters. The van der Waals surface area contributed by atoms with E-state index in [1.54, 1.807) is 6.07 Å². The first-order chi connectivity index (χ1) is 11.0. The summed E-state index contributed by atoms with van der Waals surface area (Å²) >= 11 is 13.7. The van der Waals surface area contributed by atoms with Gasteiger partial charge in [0.05, 0.1) is 15.2 Å². The maximum atomic E-state index is 12.1. The lowest BCUT2D eigenvalue weighted by Gasteiger charge is -1.99. The molecule has 0 aliphatic carbocycles. The second-order valence-electron chi connectivity index (χ2n) is 5.17. The topological polar surface area (TPSA) is 34.4 Å². The van der Waals surface area contributed by atoms with Crippen molar-refractivity contribution in [3.63, 3.8) is 0 Å². The quantitative estimate of drug-likeness (QED) is 0.668. The van der Waals surface area contributed by atoms with Gasteiger partial charge in [-0.3, -0.25) is 4.79 Å². The SMILES string of the molecule is Cn1c(=NC(=O)CCc2ccccc2)sc2cc(Cl)cc(Cl)c21. The van der Waals surface area contributed by atoms with Crippen LogP contribution in [0.4, 0.5) is 0 Å². The summed E-state index contributed by atoms with van der Waals surface area (Å²) in [5.74, 6) is -0.141. The van der Waals surface area contributed by atoms with Gasteiger partial charge in [0, 0.05) is 18.5 Å². The van der Waals surface area contributed by atoms with Crippen LogP contribution in [0.3, 0.4) is 0 Å². The number of rotatable bonds is 3. The normalized spacial score (nSPS) is 12.0. The van der Waals surface area contributed by atoms with Crippen molar-refractivity contribution in [1.29, 1.82) is 0 Å². The molecule has 3 rings (SSSR count). The molecule has 118 valence electrons. The molecule has 0 aliphatic rings. The van der Waals surface area contributed by atoms with Gasteiger partial charge in [-0.15, -0.1) is 0 Å². The van der Waals surface area contributed by atoms with E-state index in [4.69, 9.17) is 23.2 Å². The average Bonchev–Trinajstić information content (AvgIpc) is 2.82. The summed E-state index contributed by atoms with van der Waals surface area (Å²) in [6, 6.07) is 13.4. The molecule has 0 aliphatic heterocycles. The highest BCUT2D eigenvalue weighted by Gasteiger charge is 2.10. The van der Waals surface area contributed by atoms with E-state index in [1.807, 2.05) is 48.0 Å². The number of halogens is 2. The summed E-state index contributed by atoms with van der Waals surface area (Å²) in [5, 5.41) is 1.13. The van der Waals surface area contributed by atoms with Gasteiger partial charge in [0.15, 0.2) is 4.80 Å². The number of thiazole rings is 1. The molecule has 0 saturated heterocycles. The van der Waals surface area contributed by atoms with Crippen molar-refractivity contribution < 1.29 is 4.79 Å². The molecule has 0 N–H and O–H groups in total. The van der Waals surface area contributed by atoms with Crippen molar-refractivity contribution in [2.24, 2.45) is 12.0 Å². The van der Waals surface area contributed by atoms with E-state index in [2.05, 4.69) is 4.99 Å². The van der Waals surface area contributed by atoms with Gasteiger partial charge in [0.2, 0.25) is 5.91 Å². The lowest BCUT2D eigenvalue weighted by Crippen LogP contribution is -2.13. The van der Waals surface area contributed by atoms with Crippen LogP contribution in [-0.2, 0) is 18.3 Å². The molecule has 1 aromatic heterocycles. The summed E-state index contributed by atoms with van der Waals surface area (Å²) in [4.78, 5) is 17.0. The van der Waals surface area contributed by atoms with E-state index >= 15 is 0 Å². The van der Waals surface area contributed by atoms with Crippen molar-refractivity contribution >= 4 is 50.7 Å². The van der Waals surface area contributed by atoms with Crippen LogP contribution in [0.2, 0.25) is 10.0 Å². The van der Waals surface area contributed by atoms with Crippen LogP contribution in [0.25, 0.3) is 10.2 Å². The van der Waals surface area contributed by atoms with Crippen molar-refractivity contribution in [2.45, 2.75) is 12.8 Å². The number of amides is 1. The number of aryl methyl sites for hydroxylation is 2. The van der Waals surface area contributed by atoms with Crippen LogP contribution >= 0.6 is 34.5 Å². The third-order valence-corrected chi connectivity index (χ3v) is 5.09. The number of carbonyl (C=O) groups excluding carboxylic acids is 1. The summed E-state index contributed by atoms with van der Waals surface area (Å²) in [6.07, 6.45) is 1.07. The standard InChI is InChI=1S/C17H14Cl2N2OS/c1-21-16-13(19)9-12(18)10-14(16)23-17(21)20-15(22)8-7-11-5-3-2-4-6-11/h2-6,9-10H,7-8H2,1H3. The zero-order valence-electron chi connectivity index (χ0n) is 12.4. The smallest absolute Gasteiger partial charge is 0.248 e. The second-order valence-corrected chi connectivity index (χ2v) is 7.02. The Labute approximate surface area is 147 Å². The Bertz CT molecular complexity index is 929. The number of nitrogens with zero attached hydrogens (tertiary/aromatic N) is 2. The van der Waals surface area contributed by atoms with E-state index < -0.39 is 0 Å². The summed E-state index contributed by atoms with van der Waals surface area (Å²) in [7, 11) is 1.85. The Morgan fingerprint density at radius 2 is 1.96 bits per heavy atom. The molecular formula is C17H14Cl2N2OS. The number of carbonyl (C=O) groups is 1. The Balaban J connectivity index is 1.87. The Hall–Kier alpha value is -1.62. The molecule has 0 radical (unpaired) electrons. The van der Waals surface area contributed by atoms with Crippen molar-refractivity contribution in [2.75, 3.05) is 0 Å². The van der Waals surface area contributed by atoms with Gasteiger partial charge in [0.25, 0.3) is 0 Å². The first-order valence-corrected chi connectivity index (χ1v) is 8.68. The fourth-order valence-corrected chi connectivity index (χ4v) is 4.21. The lowest BCUT2D eigenvalue weighted by atomic mass is 10.1. The van der Waals surface area contributed by atoms with Gasteiger partial charge in [0.1, 0.15) is 0 Å². The molecule has 0 spiro atoms. The molecule has 3 nitrogen and oxygen atoms in total. The van der Waals surface area contributed by atoms with Gasteiger partial charge in [-0.2, -0.15) is 4.99 Å². The van der Waals surface area contributed by atoms with E-state index in [1.165, 1.54) is 11.3 Å². The fourth-order valence-electron chi connectivity index (χ4n) is 2.36. The van der Waals surface area contributed by atoms with Crippen LogP contribution in [-0.4, -0.2) is 10.5 Å². The van der Waals surface area contributed by atoms with Gasteiger partial charge < -0.3 is 4.57 Å². The average molecular weight is 365 g/mol. The molecule has 0 atom stereocenters. The zero-order valence-corrected chi connectivity index (χ0v) is 14.8. The zero-order chi connectivity index (χ0) is 16.4. The third kappa shape index (κ3) is 3.66. The predicted molar refractivity (Wildman–Crippen MR) is 96.1 cm³/mol. The first-order valence-electron chi connectivity index (χ1n) is 7.10. The lowest BCUT2D eigenvalue weighted by molar-refractivity contribution is -0.118. The number of hydrogen-bond donors (Lipinski definition) is 0. The van der Waals surface area contributed by atoms with Crippen LogP contribution in [0.1, 0.15) is 12.0 Å². The van der Waals surface area contributed by atoms with Gasteiger partial charge in [-0.25, -0.2) is 0 Å². The van der Waals surface area contributed by atoms with E-state index in [0.29, 0.717) is 27.7 Å². The minimum atomic E-state index is -0.141. The Morgan fingerprint density at radius 3 is 2.70 bits per heavy atom. The molecule has 1 amide bonds. The van der Waals surface area contributed by atoms with Crippen molar-refractivity contribution in [3.05, 3.63) is 62.9 Å². The maximum Gasteiger partial charge on any atom is 0.248 e. The minimum Gasteiger partial charge on any atom is -0.318 e. The van der Waals surface area contributed by atoms with Gasteiger partial charge in [-0.05, 0) is 24.1 Å². The predicted octanol–water partition coefficient (Wildman–Crippen LogP) is 4.61. The molecule has 3 aromatic rings. The van der Waals surface area contributed by atoms with Gasteiger partial charge in [-0.1, -0.05) is 64.9 Å². The number of benzene rings is 2.